The molecule has 0 aliphatic rings. The van der Waals surface area contributed by atoms with Crippen molar-refractivity contribution in [2.75, 3.05) is 18.6 Å². The molecule has 0 rings (SSSR count). The van der Waals surface area contributed by atoms with Gasteiger partial charge in [0.25, 0.3) is 0 Å². The van der Waals surface area contributed by atoms with Gasteiger partial charge in [-0.05, 0) is 37.7 Å². The molecule has 0 aliphatic heterocycles. The first-order valence-electron chi connectivity index (χ1n) is 6.57. The monoisotopic (exact) mass is 306 g/mol. The molecule has 0 spiro atoms. The molecule has 116 valence electrons. The number of quaternary nitrogens is 1. The molecule has 0 unspecified atom stereocenters. The molecular formula is C12H24N3O4S+. The molecule has 2 atom stereocenters. The number of aliphatic carboxylic acids is 1. The van der Waals surface area contributed by atoms with Crippen LogP contribution in [-0.2, 0) is 14.4 Å². The van der Waals surface area contributed by atoms with Gasteiger partial charge in [0.05, 0.1) is 6.54 Å². The van der Waals surface area contributed by atoms with Gasteiger partial charge in [-0.2, -0.15) is 11.8 Å². The highest BCUT2D eigenvalue weighted by molar-refractivity contribution is 7.98. The highest BCUT2D eigenvalue weighted by Crippen LogP contribution is 2.04. The van der Waals surface area contributed by atoms with E-state index in [0.717, 1.165) is 13.0 Å². The Morgan fingerprint density at radius 2 is 2.00 bits per heavy atom. The lowest BCUT2D eigenvalue weighted by atomic mass is 10.1. The highest BCUT2D eigenvalue weighted by Gasteiger charge is 2.24. The quantitative estimate of drug-likeness (QED) is 0.267. The van der Waals surface area contributed by atoms with Gasteiger partial charge < -0.3 is 21.5 Å². The van der Waals surface area contributed by atoms with Crippen molar-refractivity contribution in [2.45, 2.75) is 37.8 Å². The van der Waals surface area contributed by atoms with Crippen LogP contribution < -0.4 is 16.4 Å². The molecule has 7 nitrogen and oxygen atoms in total. The zero-order chi connectivity index (χ0) is 15.4. The molecule has 8 heteroatoms. The average molecular weight is 306 g/mol. The van der Waals surface area contributed by atoms with Crippen LogP contribution in [0.2, 0.25) is 0 Å². The summed E-state index contributed by atoms with van der Waals surface area (Å²) < 4.78 is 0. The number of rotatable bonds is 12. The molecule has 0 saturated carbocycles. The van der Waals surface area contributed by atoms with Crippen molar-refractivity contribution in [3.05, 3.63) is 0 Å². The first-order chi connectivity index (χ1) is 9.56. The molecule has 6 N–H and O–H groups in total. The maximum atomic E-state index is 12.0. The summed E-state index contributed by atoms with van der Waals surface area (Å²) in [5.41, 5.74) is 3.69. The number of hydrogen-bond acceptors (Lipinski definition) is 4. The van der Waals surface area contributed by atoms with Gasteiger partial charge in [-0.1, -0.05) is 0 Å². The van der Waals surface area contributed by atoms with Crippen LogP contribution >= 0.6 is 11.8 Å². The summed E-state index contributed by atoms with van der Waals surface area (Å²) in [6, 6.07) is -1.60. The Labute approximate surface area is 123 Å². The molecule has 0 aromatic rings. The number of carboxylic acids is 1. The zero-order valence-corrected chi connectivity index (χ0v) is 12.6. The van der Waals surface area contributed by atoms with Crippen molar-refractivity contribution in [1.82, 2.24) is 10.6 Å². The van der Waals surface area contributed by atoms with E-state index in [2.05, 4.69) is 16.4 Å². The van der Waals surface area contributed by atoms with Crippen molar-refractivity contribution in [1.29, 1.82) is 0 Å². The van der Waals surface area contributed by atoms with Gasteiger partial charge in [0.15, 0.2) is 0 Å². The van der Waals surface area contributed by atoms with Crippen LogP contribution in [0.3, 0.4) is 0 Å². The Bertz CT molecular complexity index is 315. The average Bonchev–Trinajstić information content (AvgIpc) is 2.42. The fourth-order valence-corrected chi connectivity index (χ4v) is 2.13. The maximum Gasteiger partial charge on any atom is 0.326 e. The van der Waals surface area contributed by atoms with E-state index >= 15 is 0 Å². The van der Waals surface area contributed by atoms with E-state index in [4.69, 9.17) is 5.11 Å². The molecule has 0 aliphatic carbocycles. The van der Waals surface area contributed by atoms with Crippen molar-refractivity contribution in [3.8, 4) is 0 Å². The third kappa shape index (κ3) is 8.00. The van der Waals surface area contributed by atoms with Crippen LogP contribution in [0.25, 0.3) is 0 Å². The topological polar surface area (TPSA) is 123 Å². The number of carboxylic acid groups (broad SMARTS) is 1. The SMILES string of the molecule is CSCC[C@H](NC=O)C(=O)N[C@@H](CCCC[NH3+])C(=O)O. The standard InChI is InChI=1S/C12H23N3O4S/c1-20-7-5-9(14-8-16)11(17)15-10(12(18)19)4-2-3-6-13/h8-10H,2-7,13H2,1H3,(H,14,16)(H,15,17)(H,18,19)/p+1/t9-,10-/m0/s1. The van der Waals surface area contributed by atoms with Crippen molar-refractivity contribution in [3.63, 3.8) is 0 Å². The van der Waals surface area contributed by atoms with E-state index in [-0.39, 0.29) is 0 Å². The van der Waals surface area contributed by atoms with Gasteiger partial charge in [0.2, 0.25) is 12.3 Å². The molecule has 0 radical (unpaired) electrons. The van der Waals surface area contributed by atoms with Gasteiger partial charge in [0.1, 0.15) is 12.1 Å². The molecule has 0 heterocycles. The number of carbonyl (C=O) groups is 3. The molecule has 0 aromatic heterocycles. The van der Waals surface area contributed by atoms with Crippen LogP contribution in [0, 0.1) is 0 Å². The van der Waals surface area contributed by atoms with E-state index in [1.54, 1.807) is 11.8 Å². The van der Waals surface area contributed by atoms with Crippen LogP contribution in [0.4, 0.5) is 0 Å². The molecule has 0 saturated heterocycles. The lowest BCUT2D eigenvalue weighted by Crippen LogP contribution is -2.51. The second-order valence-corrected chi connectivity index (χ2v) is 5.35. The van der Waals surface area contributed by atoms with Gasteiger partial charge in [-0.15, -0.1) is 0 Å². The van der Waals surface area contributed by atoms with Crippen LogP contribution in [0.5, 0.6) is 0 Å². The van der Waals surface area contributed by atoms with Gasteiger partial charge in [-0.25, -0.2) is 4.79 Å². The summed E-state index contributed by atoms with van der Waals surface area (Å²) in [5.74, 6) is -0.802. The van der Waals surface area contributed by atoms with E-state index < -0.39 is 24.0 Å². The predicted molar refractivity (Wildman–Crippen MR) is 77.2 cm³/mol. The molecule has 0 fully saturated rings. The zero-order valence-electron chi connectivity index (χ0n) is 11.8. The molecule has 20 heavy (non-hydrogen) atoms. The minimum Gasteiger partial charge on any atom is -0.480 e. The number of hydrogen-bond donors (Lipinski definition) is 4. The summed E-state index contributed by atoms with van der Waals surface area (Å²) in [6.07, 6.45) is 4.71. The summed E-state index contributed by atoms with van der Waals surface area (Å²) in [4.78, 5) is 33.6. The minimum atomic E-state index is -1.06. The Morgan fingerprint density at radius 1 is 1.30 bits per heavy atom. The van der Waals surface area contributed by atoms with E-state index in [1.807, 2.05) is 6.26 Å². The number of thioether (sulfide) groups is 1. The molecule has 0 bridgehead atoms. The van der Waals surface area contributed by atoms with E-state index in [0.29, 0.717) is 31.4 Å². The minimum absolute atomic E-state index is 0.368. The Kier molecular flexibility index (Phi) is 10.8. The largest absolute Gasteiger partial charge is 0.480 e. The Morgan fingerprint density at radius 3 is 2.50 bits per heavy atom. The van der Waals surface area contributed by atoms with Gasteiger partial charge in [-0.3, -0.25) is 9.59 Å². The number of nitrogens with one attached hydrogen (secondary N) is 2. The normalized spacial score (nSPS) is 13.3. The Hall–Kier alpha value is -1.28. The third-order valence-electron chi connectivity index (χ3n) is 2.80. The van der Waals surface area contributed by atoms with Crippen molar-refractivity contribution in [2.24, 2.45) is 0 Å². The molecule has 0 aromatic carbocycles. The van der Waals surface area contributed by atoms with Crippen molar-refractivity contribution >= 4 is 30.0 Å². The number of amides is 2. The van der Waals surface area contributed by atoms with Crippen molar-refractivity contribution < 1.29 is 25.2 Å². The summed E-state index contributed by atoms with van der Waals surface area (Å²) in [6.45, 7) is 0.739. The van der Waals surface area contributed by atoms with Gasteiger partial charge >= 0.3 is 5.97 Å². The Balaban J connectivity index is 4.44. The first kappa shape index (κ1) is 18.7. The second-order valence-electron chi connectivity index (χ2n) is 4.37. The summed E-state index contributed by atoms with van der Waals surface area (Å²) in [5, 5.41) is 14.0. The van der Waals surface area contributed by atoms with Crippen LogP contribution in [0.1, 0.15) is 25.7 Å². The number of carbonyl (C=O) groups excluding carboxylic acids is 2. The second kappa shape index (κ2) is 11.5. The molecule has 2 amide bonds. The first-order valence-corrected chi connectivity index (χ1v) is 7.97. The van der Waals surface area contributed by atoms with E-state index in [1.165, 1.54) is 0 Å². The predicted octanol–water partition coefficient (Wildman–Crippen LogP) is -1.16. The van der Waals surface area contributed by atoms with Crippen LogP contribution in [-0.4, -0.2) is 54.0 Å². The summed E-state index contributed by atoms with van der Waals surface area (Å²) in [7, 11) is 0. The van der Waals surface area contributed by atoms with Crippen LogP contribution in [0.15, 0.2) is 0 Å². The smallest absolute Gasteiger partial charge is 0.326 e. The fraction of sp³-hybridized carbons (Fsp3) is 0.750. The lowest BCUT2D eigenvalue weighted by molar-refractivity contribution is -0.368. The van der Waals surface area contributed by atoms with Gasteiger partial charge in [0, 0.05) is 0 Å². The lowest BCUT2D eigenvalue weighted by Gasteiger charge is -2.19. The molecular weight excluding hydrogens is 282 g/mol. The van der Waals surface area contributed by atoms with E-state index in [9.17, 15) is 14.4 Å². The summed E-state index contributed by atoms with van der Waals surface area (Å²) >= 11 is 1.56. The maximum absolute atomic E-state index is 12.0. The number of unbranched alkanes of at least 4 members (excludes halogenated alkanes) is 1. The third-order valence-corrected chi connectivity index (χ3v) is 3.45. The highest BCUT2D eigenvalue weighted by atomic mass is 32.2. The fourth-order valence-electron chi connectivity index (χ4n) is 1.66.